The minimum atomic E-state index is 0.773. The van der Waals surface area contributed by atoms with Crippen LogP contribution in [-0.2, 0) is 0 Å². The Balaban J connectivity index is 1.99. The predicted octanol–water partition coefficient (Wildman–Crippen LogP) is 3.48. The van der Waals surface area contributed by atoms with Gasteiger partial charge in [0, 0.05) is 6.54 Å². The zero-order valence-corrected chi connectivity index (χ0v) is 11.4. The molecule has 0 aliphatic heterocycles. The van der Waals surface area contributed by atoms with E-state index >= 15 is 0 Å². The molecule has 0 amide bonds. The van der Waals surface area contributed by atoms with E-state index in [1.54, 1.807) is 0 Å². The maximum absolute atomic E-state index is 5.77. The number of benzene rings is 2. The lowest BCUT2D eigenvalue weighted by molar-refractivity contribution is 0.282. The second-order valence-electron chi connectivity index (χ2n) is 5.02. The molecular weight excluding hydrogens is 222 g/mol. The molecule has 0 bridgehead atoms. The molecule has 0 heterocycles. The van der Waals surface area contributed by atoms with Gasteiger partial charge in [0.1, 0.15) is 5.75 Å². The van der Waals surface area contributed by atoms with E-state index in [0.29, 0.717) is 0 Å². The first-order valence-corrected chi connectivity index (χ1v) is 6.43. The summed E-state index contributed by atoms with van der Waals surface area (Å²) in [5.74, 6) is 0.963. The molecule has 0 unspecified atom stereocenters. The van der Waals surface area contributed by atoms with Gasteiger partial charge in [-0.3, -0.25) is 0 Å². The quantitative estimate of drug-likeness (QED) is 0.745. The van der Waals surface area contributed by atoms with Crippen LogP contribution in [0, 0.1) is 6.92 Å². The van der Waals surface area contributed by atoms with E-state index in [0.717, 1.165) is 25.3 Å². The first-order chi connectivity index (χ1) is 8.65. The van der Waals surface area contributed by atoms with E-state index in [4.69, 9.17) is 4.74 Å². The smallest absolute Gasteiger partial charge is 0.119 e. The summed E-state index contributed by atoms with van der Waals surface area (Å²) in [7, 11) is 4.16. The Morgan fingerprint density at radius 3 is 2.50 bits per heavy atom. The van der Waals surface area contributed by atoms with Gasteiger partial charge < -0.3 is 9.64 Å². The van der Waals surface area contributed by atoms with Crippen molar-refractivity contribution in [3.63, 3.8) is 0 Å². The summed E-state index contributed by atoms with van der Waals surface area (Å²) in [6, 6.07) is 12.8. The van der Waals surface area contributed by atoms with E-state index in [9.17, 15) is 0 Å². The highest BCUT2D eigenvalue weighted by Crippen LogP contribution is 2.21. The largest absolute Gasteiger partial charge is 0.494 e. The van der Waals surface area contributed by atoms with Crippen LogP contribution in [0.15, 0.2) is 36.4 Å². The fourth-order valence-corrected chi connectivity index (χ4v) is 2.00. The molecule has 0 saturated heterocycles. The first-order valence-electron chi connectivity index (χ1n) is 6.43. The lowest BCUT2D eigenvalue weighted by Gasteiger charge is -2.11. The SMILES string of the molecule is Cc1ccc2cc(OCCCN(C)C)ccc2c1. The van der Waals surface area contributed by atoms with Crippen molar-refractivity contribution < 1.29 is 4.74 Å². The van der Waals surface area contributed by atoms with Crippen LogP contribution in [-0.4, -0.2) is 32.1 Å². The second kappa shape index (κ2) is 5.87. The highest BCUT2D eigenvalue weighted by Gasteiger charge is 1.98. The molecule has 2 rings (SSSR count). The minimum Gasteiger partial charge on any atom is -0.494 e. The normalized spacial score (nSPS) is 11.1. The molecule has 0 aliphatic carbocycles. The maximum atomic E-state index is 5.77. The van der Waals surface area contributed by atoms with Crippen LogP contribution in [0.2, 0.25) is 0 Å². The molecule has 0 saturated carbocycles. The Kier molecular flexibility index (Phi) is 4.21. The predicted molar refractivity (Wildman–Crippen MR) is 77.4 cm³/mol. The number of hydrogen-bond acceptors (Lipinski definition) is 2. The number of fused-ring (bicyclic) bond motifs is 1. The molecule has 0 atom stereocenters. The molecule has 2 heteroatoms. The van der Waals surface area contributed by atoms with Gasteiger partial charge in [0.25, 0.3) is 0 Å². The van der Waals surface area contributed by atoms with Crippen molar-refractivity contribution in [2.75, 3.05) is 27.2 Å². The van der Waals surface area contributed by atoms with Crippen molar-refractivity contribution in [2.45, 2.75) is 13.3 Å². The summed E-state index contributed by atoms with van der Waals surface area (Å²) in [6.07, 6.45) is 1.05. The number of rotatable bonds is 5. The number of hydrogen-bond donors (Lipinski definition) is 0. The van der Waals surface area contributed by atoms with Gasteiger partial charge in [0.2, 0.25) is 0 Å². The van der Waals surface area contributed by atoms with Crippen molar-refractivity contribution >= 4 is 10.8 Å². The Hall–Kier alpha value is -1.54. The van der Waals surface area contributed by atoms with Crippen molar-refractivity contribution in [1.82, 2.24) is 4.90 Å². The van der Waals surface area contributed by atoms with Crippen molar-refractivity contribution in [3.8, 4) is 5.75 Å². The van der Waals surface area contributed by atoms with Crippen LogP contribution in [0.5, 0.6) is 5.75 Å². The highest BCUT2D eigenvalue weighted by atomic mass is 16.5. The second-order valence-corrected chi connectivity index (χ2v) is 5.02. The molecule has 0 spiro atoms. The van der Waals surface area contributed by atoms with Gasteiger partial charge in [0.05, 0.1) is 6.61 Å². The highest BCUT2D eigenvalue weighted by molar-refractivity contribution is 5.84. The molecule has 0 radical (unpaired) electrons. The Morgan fingerprint density at radius 1 is 1.00 bits per heavy atom. The summed E-state index contributed by atoms with van der Waals surface area (Å²) in [5, 5.41) is 2.52. The third kappa shape index (κ3) is 3.47. The van der Waals surface area contributed by atoms with Crippen LogP contribution in [0.25, 0.3) is 10.8 Å². The molecule has 0 aliphatic rings. The topological polar surface area (TPSA) is 12.5 Å². The Labute approximate surface area is 109 Å². The maximum Gasteiger partial charge on any atom is 0.119 e. The third-order valence-electron chi connectivity index (χ3n) is 2.99. The number of aryl methyl sites for hydroxylation is 1. The Morgan fingerprint density at radius 2 is 1.72 bits per heavy atom. The van der Waals surface area contributed by atoms with E-state index in [-0.39, 0.29) is 0 Å². The molecule has 2 nitrogen and oxygen atoms in total. The van der Waals surface area contributed by atoms with Crippen LogP contribution in [0.1, 0.15) is 12.0 Å². The molecule has 0 N–H and O–H groups in total. The van der Waals surface area contributed by atoms with Gasteiger partial charge in [-0.05, 0) is 50.3 Å². The van der Waals surface area contributed by atoms with Gasteiger partial charge >= 0.3 is 0 Å². The van der Waals surface area contributed by atoms with Crippen molar-refractivity contribution in [1.29, 1.82) is 0 Å². The fraction of sp³-hybridized carbons (Fsp3) is 0.375. The fourth-order valence-electron chi connectivity index (χ4n) is 2.00. The van der Waals surface area contributed by atoms with Gasteiger partial charge in [-0.15, -0.1) is 0 Å². The van der Waals surface area contributed by atoms with Gasteiger partial charge in [-0.25, -0.2) is 0 Å². The first kappa shape index (κ1) is 12.9. The average Bonchev–Trinajstić information content (AvgIpc) is 2.34. The summed E-state index contributed by atoms with van der Waals surface area (Å²) in [6.45, 7) is 3.95. The Bertz CT molecular complexity index is 519. The van der Waals surface area contributed by atoms with Crippen LogP contribution >= 0.6 is 0 Å². The van der Waals surface area contributed by atoms with Crippen molar-refractivity contribution in [3.05, 3.63) is 42.0 Å². The molecule has 2 aromatic carbocycles. The number of nitrogens with zero attached hydrogens (tertiary/aromatic N) is 1. The standard InChI is InChI=1S/C16H21NO/c1-13-5-6-15-12-16(8-7-14(15)11-13)18-10-4-9-17(2)3/h5-8,11-12H,4,9-10H2,1-3H3. The monoisotopic (exact) mass is 243 g/mol. The zero-order chi connectivity index (χ0) is 13.0. The van der Waals surface area contributed by atoms with Crippen LogP contribution in [0.3, 0.4) is 0 Å². The van der Waals surface area contributed by atoms with Gasteiger partial charge in [-0.1, -0.05) is 29.8 Å². The molecule has 96 valence electrons. The van der Waals surface area contributed by atoms with Crippen molar-refractivity contribution in [2.24, 2.45) is 0 Å². The zero-order valence-electron chi connectivity index (χ0n) is 11.4. The average molecular weight is 243 g/mol. The van der Waals surface area contributed by atoms with Crippen LogP contribution < -0.4 is 4.74 Å². The van der Waals surface area contributed by atoms with E-state index in [1.165, 1.54) is 16.3 Å². The van der Waals surface area contributed by atoms with Crippen LogP contribution in [0.4, 0.5) is 0 Å². The summed E-state index contributed by atoms with van der Waals surface area (Å²) >= 11 is 0. The molecular formula is C16H21NO. The van der Waals surface area contributed by atoms with Gasteiger partial charge in [0.15, 0.2) is 0 Å². The molecule has 18 heavy (non-hydrogen) atoms. The van der Waals surface area contributed by atoms with E-state index in [1.807, 2.05) is 0 Å². The van der Waals surface area contributed by atoms with E-state index < -0.39 is 0 Å². The number of ether oxygens (including phenoxy) is 1. The summed E-state index contributed by atoms with van der Waals surface area (Å²) in [5.41, 5.74) is 1.29. The molecule has 2 aromatic rings. The third-order valence-corrected chi connectivity index (χ3v) is 2.99. The minimum absolute atomic E-state index is 0.773. The van der Waals surface area contributed by atoms with Gasteiger partial charge in [-0.2, -0.15) is 0 Å². The lowest BCUT2D eigenvalue weighted by atomic mass is 10.1. The molecule has 0 fully saturated rings. The molecule has 0 aromatic heterocycles. The lowest BCUT2D eigenvalue weighted by Crippen LogP contribution is -2.15. The van der Waals surface area contributed by atoms with E-state index in [2.05, 4.69) is 62.3 Å². The summed E-state index contributed by atoms with van der Waals surface area (Å²) in [4.78, 5) is 2.17. The summed E-state index contributed by atoms with van der Waals surface area (Å²) < 4.78 is 5.77.